The molecular weight excluding hydrogens is 313 g/mol. The lowest BCUT2D eigenvalue weighted by atomic mass is 10.2. The lowest BCUT2D eigenvalue weighted by Crippen LogP contribution is -2.47. The van der Waals surface area contributed by atoms with Gasteiger partial charge >= 0.3 is 0 Å². The van der Waals surface area contributed by atoms with Gasteiger partial charge in [0.2, 0.25) is 0 Å². The van der Waals surface area contributed by atoms with Crippen LogP contribution in [0.1, 0.15) is 20.8 Å². The molecule has 0 spiro atoms. The molecule has 1 aliphatic rings. The SMILES string of the molecule is C=C(OC(C)(C)C)N1CCN(c2nsc3cc(F)ccc23)CC1. The van der Waals surface area contributed by atoms with Crippen LogP contribution in [0.3, 0.4) is 0 Å². The summed E-state index contributed by atoms with van der Waals surface area (Å²) in [6.07, 6.45) is 0. The zero-order valence-electron chi connectivity index (χ0n) is 13.8. The summed E-state index contributed by atoms with van der Waals surface area (Å²) in [6, 6.07) is 4.86. The van der Waals surface area contributed by atoms with Crippen molar-refractivity contribution in [1.29, 1.82) is 0 Å². The summed E-state index contributed by atoms with van der Waals surface area (Å²) in [5.41, 5.74) is -0.233. The minimum atomic E-state index is -0.233. The second-order valence-electron chi connectivity index (χ2n) is 6.73. The van der Waals surface area contributed by atoms with Gasteiger partial charge in [0.1, 0.15) is 17.2 Å². The number of aromatic nitrogens is 1. The summed E-state index contributed by atoms with van der Waals surface area (Å²) >= 11 is 1.35. The molecule has 2 heterocycles. The van der Waals surface area contributed by atoms with E-state index in [4.69, 9.17) is 4.74 Å². The first kappa shape index (κ1) is 16.1. The Balaban J connectivity index is 1.67. The molecule has 0 amide bonds. The van der Waals surface area contributed by atoms with Gasteiger partial charge in [-0.05, 0) is 57.1 Å². The summed E-state index contributed by atoms with van der Waals surface area (Å²) in [5, 5.41) is 1.02. The van der Waals surface area contributed by atoms with Crippen LogP contribution in [0.15, 0.2) is 30.7 Å². The predicted molar refractivity (Wildman–Crippen MR) is 93.3 cm³/mol. The van der Waals surface area contributed by atoms with Gasteiger partial charge in [-0.2, -0.15) is 4.37 Å². The van der Waals surface area contributed by atoms with Gasteiger partial charge in [0.25, 0.3) is 0 Å². The van der Waals surface area contributed by atoms with Gasteiger partial charge in [-0.3, -0.25) is 0 Å². The summed E-state index contributed by atoms with van der Waals surface area (Å²) in [5.74, 6) is 1.46. The summed E-state index contributed by atoms with van der Waals surface area (Å²) in [4.78, 5) is 4.41. The number of fused-ring (bicyclic) bond motifs is 1. The fraction of sp³-hybridized carbons (Fsp3) is 0.471. The highest BCUT2D eigenvalue weighted by atomic mass is 32.1. The van der Waals surface area contributed by atoms with Crippen molar-refractivity contribution in [2.75, 3.05) is 31.1 Å². The van der Waals surface area contributed by atoms with Gasteiger partial charge in [-0.25, -0.2) is 4.39 Å². The standard InChI is InChI=1S/C17H22FN3OS/c1-12(22-17(2,3)4)20-7-9-21(10-8-20)16-14-6-5-13(18)11-15(14)23-19-16/h5-6,11H,1,7-10H2,2-4H3. The third kappa shape index (κ3) is 3.58. The van der Waals surface area contributed by atoms with Crippen LogP contribution < -0.4 is 4.90 Å². The maximum atomic E-state index is 13.3. The number of ether oxygens (including phenoxy) is 1. The van der Waals surface area contributed by atoms with Crippen molar-refractivity contribution >= 4 is 27.4 Å². The van der Waals surface area contributed by atoms with Gasteiger partial charge in [0, 0.05) is 31.6 Å². The Hall–Kier alpha value is -1.82. The van der Waals surface area contributed by atoms with Crippen molar-refractivity contribution in [3.63, 3.8) is 0 Å². The van der Waals surface area contributed by atoms with Gasteiger partial charge < -0.3 is 14.5 Å². The molecule has 6 heteroatoms. The lowest BCUT2D eigenvalue weighted by molar-refractivity contribution is 0.00165. The van der Waals surface area contributed by atoms with Crippen LogP contribution in [0.5, 0.6) is 0 Å². The normalized spacial score (nSPS) is 16.0. The molecule has 2 aromatic rings. The van der Waals surface area contributed by atoms with E-state index in [0.29, 0.717) is 0 Å². The highest BCUT2D eigenvalue weighted by molar-refractivity contribution is 7.13. The van der Waals surface area contributed by atoms with Crippen molar-refractivity contribution in [3.05, 3.63) is 36.5 Å². The molecule has 1 aliphatic heterocycles. The van der Waals surface area contributed by atoms with E-state index in [2.05, 4.69) is 20.8 Å². The maximum Gasteiger partial charge on any atom is 0.182 e. The molecule has 23 heavy (non-hydrogen) atoms. The summed E-state index contributed by atoms with van der Waals surface area (Å²) in [6.45, 7) is 13.5. The fourth-order valence-corrected chi connectivity index (χ4v) is 3.53. The van der Waals surface area contributed by atoms with Crippen molar-refractivity contribution in [2.24, 2.45) is 0 Å². The first-order chi connectivity index (χ1) is 10.8. The largest absolute Gasteiger partial charge is 0.474 e. The molecule has 0 bridgehead atoms. The van der Waals surface area contributed by atoms with Crippen molar-refractivity contribution in [1.82, 2.24) is 9.27 Å². The molecule has 0 radical (unpaired) electrons. The van der Waals surface area contributed by atoms with Crippen LogP contribution in [0.2, 0.25) is 0 Å². The predicted octanol–water partition coefficient (Wildman–Crippen LogP) is 3.84. The highest BCUT2D eigenvalue weighted by Gasteiger charge is 2.24. The zero-order chi connectivity index (χ0) is 16.6. The number of benzene rings is 1. The van der Waals surface area contributed by atoms with E-state index >= 15 is 0 Å². The number of halogens is 1. The van der Waals surface area contributed by atoms with Crippen molar-refractivity contribution in [3.8, 4) is 0 Å². The molecule has 0 atom stereocenters. The van der Waals surface area contributed by atoms with E-state index < -0.39 is 0 Å². The van der Waals surface area contributed by atoms with E-state index in [1.54, 1.807) is 6.07 Å². The third-order valence-corrected chi connectivity index (χ3v) is 4.57. The van der Waals surface area contributed by atoms with Crippen LogP contribution in [-0.2, 0) is 4.74 Å². The van der Waals surface area contributed by atoms with E-state index in [0.717, 1.165) is 48.0 Å². The van der Waals surface area contributed by atoms with Gasteiger partial charge in [0.05, 0.1) is 4.70 Å². The first-order valence-corrected chi connectivity index (χ1v) is 8.53. The molecule has 0 N–H and O–H groups in total. The van der Waals surface area contributed by atoms with E-state index in [1.807, 2.05) is 26.8 Å². The monoisotopic (exact) mass is 335 g/mol. The molecule has 3 rings (SSSR count). The Labute approximate surface area is 140 Å². The molecular formula is C17H22FN3OS. The van der Waals surface area contributed by atoms with E-state index in [-0.39, 0.29) is 11.4 Å². The average Bonchev–Trinajstić information content (AvgIpc) is 2.88. The highest BCUT2D eigenvalue weighted by Crippen LogP contribution is 2.31. The second-order valence-corrected chi connectivity index (χ2v) is 7.53. The number of rotatable bonds is 3. The topological polar surface area (TPSA) is 28.6 Å². The van der Waals surface area contributed by atoms with E-state index in [1.165, 1.54) is 17.6 Å². The minimum absolute atomic E-state index is 0.215. The molecule has 0 aliphatic carbocycles. The van der Waals surface area contributed by atoms with Gasteiger partial charge in [-0.1, -0.05) is 0 Å². The first-order valence-electron chi connectivity index (χ1n) is 7.76. The van der Waals surface area contributed by atoms with Crippen molar-refractivity contribution in [2.45, 2.75) is 26.4 Å². The van der Waals surface area contributed by atoms with Crippen LogP contribution in [-0.4, -0.2) is 41.1 Å². The number of piperazine rings is 1. The molecule has 0 saturated carbocycles. The van der Waals surface area contributed by atoms with Crippen molar-refractivity contribution < 1.29 is 9.13 Å². The lowest BCUT2D eigenvalue weighted by Gasteiger charge is -2.38. The Morgan fingerprint density at radius 1 is 1.26 bits per heavy atom. The quantitative estimate of drug-likeness (QED) is 0.797. The van der Waals surface area contributed by atoms with Crippen LogP contribution in [0, 0.1) is 5.82 Å². The Bertz CT molecular complexity index is 714. The average molecular weight is 335 g/mol. The smallest absolute Gasteiger partial charge is 0.182 e. The molecule has 1 saturated heterocycles. The number of nitrogens with zero attached hydrogens (tertiary/aromatic N) is 3. The van der Waals surface area contributed by atoms with Gasteiger partial charge in [0.15, 0.2) is 5.88 Å². The van der Waals surface area contributed by atoms with Crippen LogP contribution >= 0.6 is 11.5 Å². The summed E-state index contributed by atoms with van der Waals surface area (Å²) < 4.78 is 24.6. The molecule has 124 valence electrons. The molecule has 1 aromatic carbocycles. The second kappa shape index (κ2) is 6.00. The fourth-order valence-electron chi connectivity index (χ4n) is 2.71. The molecule has 1 fully saturated rings. The van der Waals surface area contributed by atoms with E-state index in [9.17, 15) is 4.39 Å². The van der Waals surface area contributed by atoms with Gasteiger partial charge in [-0.15, -0.1) is 0 Å². The Kier molecular flexibility index (Phi) is 4.19. The molecule has 0 unspecified atom stereocenters. The van der Waals surface area contributed by atoms with Crippen LogP contribution in [0.25, 0.3) is 10.1 Å². The number of hydrogen-bond donors (Lipinski definition) is 0. The Morgan fingerprint density at radius 2 is 1.96 bits per heavy atom. The number of hydrogen-bond acceptors (Lipinski definition) is 5. The number of anilines is 1. The Morgan fingerprint density at radius 3 is 2.61 bits per heavy atom. The molecule has 1 aromatic heterocycles. The summed E-state index contributed by atoms with van der Waals surface area (Å²) in [7, 11) is 0. The maximum absolute atomic E-state index is 13.3. The minimum Gasteiger partial charge on any atom is -0.474 e. The van der Waals surface area contributed by atoms with Crippen LogP contribution in [0.4, 0.5) is 10.2 Å². The molecule has 4 nitrogen and oxygen atoms in total. The zero-order valence-corrected chi connectivity index (χ0v) is 14.6. The third-order valence-electron chi connectivity index (χ3n) is 3.77.